The average molecular weight is 366 g/mol. The van der Waals surface area contributed by atoms with E-state index < -0.39 is 5.97 Å². The first-order chi connectivity index (χ1) is 13.0. The average Bonchev–Trinajstić information content (AvgIpc) is 2.94. The Morgan fingerprint density at radius 3 is 2.41 bits per heavy atom. The molecule has 27 heavy (non-hydrogen) atoms. The van der Waals surface area contributed by atoms with Crippen molar-refractivity contribution in [2.45, 2.75) is 27.3 Å². The predicted molar refractivity (Wildman–Crippen MR) is 105 cm³/mol. The van der Waals surface area contributed by atoms with Gasteiger partial charge in [0.2, 0.25) is 0 Å². The van der Waals surface area contributed by atoms with Crippen molar-refractivity contribution in [3.63, 3.8) is 0 Å². The second-order valence-corrected chi connectivity index (χ2v) is 6.17. The third-order valence-corrected chi connectivity index (χ3v) is 4.52. The van der Waals surface area contributed by atoms with E-state index in [-0.39, 0.29) is 11.5 Å². The number of benzene rings is 2. The quantitative estimate of drug-likeness (QED) is 0.681. The molecule has 3 aromatic rings. The predicted octanol–water partition coefficient (Wildman–Crippen LogP) is 4.32. The molecular formula is C21H22N2O4. The highest BCUT2D eigenvalue weighted by atomic mass is 16.5. The molecule has 0 aliphatic carbocycles. The highest BCUT2D eigenvalue weighted by molar-refractivity contribution is 6.08. The van der Waals surface area contributed by atoms with Crippen LogP contribution in [0, 0.1) is 6.92 Å². The molecule has 6 nitrogen and oxygen atoms in total. The van der Waals surface area contributed by atoms with Crippen molar-refractivity contribution in [2.75, 3.05) is 11.9 Å². The maximum atomic E-state index is 12.9. The number of nitrogens with one attached hydrogen (secondary N) is 1. The number of carbonyl (C=O) groups excluding carboxylic acids is 1. The number of nitrogens with zero attached hydrogens (tertiary/aromatic N) is 1. The summed E-state index contributed by atoms with van der Waals surface area (Å²) in [5.74, 6) is -0.455. The maximum absolute atomic E-state index is 12.9. The zero-order valence-corrected chi connectivity index (χ0v) is 15.6. The van der Waals surface area contributed by atoms with Crippen LogP contribution < -0.4 is 10.1 Å². The Bertz CT molecular complexity index is 1000. The monoisotopic (exact) mass is 366 g/mol. The number of aromatic nitrogens is 1. The van der Waals surface area contributed by atoms with E-state index in [2.05, 4.69) is 5.32 Å². The molecule has 0 fully saturated rings. The topological polar surface area (TPSA) is 80.6 Å². The van der Waals surface area contributed by atoms with E-state index >= 15 is 0 Å². The van der Waals surface area contributed by atoms with Crippen LogP contribution in [0.4, 0.5) is 5.69 Å². The van der Waals surface area contributed by atoms with Crippen molar-refractivity contribution < 1.29 is 19.4 Å². The van der Waals surface area contributed by atoms with Gasteiger partial charge in [0.15, 0.2) is 0 Å². The van der Waals surface area contributed by atoms with Crippen LogP contribution in [0.1, 0.15) is 40.3 Å². The number of rotatable bonds is 6. The number of amides is 1. The van der Waals surface area contributed by atoms with Crippen molar-refractivity contribution in [3.05, 3.63) is 59.3 Å². The number of fused-ring (bicyclic) bond motifs is 1. The molecule has 0 saturated carbocycles. The number of carboxylic acids is 1. The summed E-state index contributed by atoms with van der Waals surface area (Å²) in [5, 5.41) is 12.8. The van der Waals surface area contributed by atoms with Gasteiger partial charge in [-0.1, -0.05) is 0 Å². The summed E-state index contributed by atoms with van der Waals surface area (Å²) in [4.78, 5) is 23.9. The normalized spacial score (nSPS) is 10.8. The zero-order valence-electron chi connectivity index (χ0n) is 15.6. The molecule has 6 heteroatoms. The molecule has 1 heterocycles. The van der Waals surface area contributed by atoms with Crippen molar-refractivity contribution in [1.29, 1.82) is 0 Å². The summed E-state index contributed by atoms with van der Waals surface area (Å²) >= 11 is 0. The van der Waals surface area contributed by atoms with E-state index in [1.165, 1.54) is 12.1 Å². The molecule has 1 amide bonds. The number of carboxylic acid groups (broad SMARTS) is 1. The summed E-state index contributed by atoms with van der Waals surface area (Å²) in [6, 6.07) is 11.9. The minimum atomic E-state index is -1.00. The van der Waals surface area contributed by atoms with E-state index in [4.69, 9.17) is 9.84 Å². The fourth-order valence-corrected chi connectivity index (χ4v) is 3.27. The summed E-state index contributed by atoms with van der Waals surface area (Å²) in [5.41, 5.74) is 3.17. The standard InChI is InChI=1S/C21H22N2O4/c1-4-23-18-11-10-16(27-5-2)12-17(18)13(3)19(23)20(24)22-15-8-6-14(7-9-15)21(25)26/h6-12H,4-5H2,1-3H3,(H,22,24)(H,25,26). The van der Waals surface area contributed by atoms with Gasteiger partial charge in [0.25, 0.3) is 5.91 Å². The first-order valence-electron chi connectivity index (χ1n) is 8.86. The molecule has 0 radical (unpaired) electrons. The van der Waals surface area contributed by atoms with Crippen LogP contribution in [-0.2, 0) is 6.54 Å². The molecule has 0 aliphatic rings. The van der Waals surface area contributed by atoms with Gasteiger partial charge in [-0.3, -0.25) is 4.79 Å². The lowest BCUT2D eigenvalue weighted by Crippen LogP contribution is -2.18. The minimum absolute atomic E-state index is 0.176. The number of hydrogen-bond donors (Lipinski definition) is 2. The number of anilines is 1. The van der Waals surface area contributed by atoms with Crippen molar-refractivity contribution in [2.24, 2.45) is 0 Å². The lowest BCUT2D eigenvalue weighted by molar-refractivity contribution is 0.0696. The first-order valence-corrected chi connectivity index (χ1v) is 8.86. The SMILES string of the molecule is CCOc1ccc2c(c1)c(C)c(C(=O)Nc1ccc(C(=O)O)cc1)n2CC. The van der Waals surface area contributed by atoms with E-state index in [1.54, 1.807) is 12.1 Å². The molecule has 3 rings (SSSR count). The number of ether oxygens (including phenoxy) is 1. The lowest BCUT2D eigenvalue weighted by atomic mass is 10.1. The van der Waals surface area contributed by atoms with Crippen LogP contribution in [0.3, 0.4) is 0 Å². The number of hydrogen-bond acceptors (Lipinski definition) is 3. The van der Waals surface area contributed by atoms with Gasteiger partial charge in [-0.2, -0.15) is 0 Å². The van der Waals surface area contributed by atoms with Crippen LogP contribution in [-0.4, -0.2) is 28.2 Å². The molecule has 0 bridgehead atoms. The van der Waals surface area contributed by atoms with Crippen molar-refractivity contribution >= 4 is 28.5 Å². The number of aryl methyl sites for hydroxylation is 2. The largest absolute Gasteiger partial charge is 0.494 e. The van der Waals surface area contributed by atoms with E-state index in [9.17, 15) is 9.59 Å². The van der Waals surface area contributed by atoms with Gasteiger partial charge in [0, 0.05) is 23.1 Å². The van der Waals surface area contributed by atoms with Crippen LogP contribution in [0.5, 0.6) is 5.75 Å². The maximum Gasteiger partial charge on any atom is 0.335 e. The lowest BCUT2D eigenvalue weighted by Gasteiger charge is -2.10. The highest BCUT2D eigenvalue weighted by Crippen LogP contribution is 2.30. The van der Waals surface area contributed by atoms with Crippen LogP contribution in [0.25, 0.3) is 10.9 Å². The summed E-state index contributed by atoms with van der Waals surface area (Å²) < 4.78 is 7.55. The Morgan fingerprint density at radius 1 is 1.11 bits per heavy atom. The Hall–Kier alpha value is -3.28. The van der Waals surface area contributed by atoms with E-state index in [0.717, 1.165) is 22.2 Å². The van der Waals surface area contributed by atoms with Crippen molar-refractivity contribution in [3.8, 4) is 5.75 Å². The molecule has 1 aromatic heterocycles. The van der Waals surface area contributed by atoms with Gasteiger partial charge in [0.05, 0.1) is 12.2 Å². The summed E-state index contributed by atoms with van der Waals surface area (Å²) in [7, 11) is 0. The minimum Gasteiger partial charge on any atom is -0.494 e. The fourth-order valence-electron chi connectivity index (χ4n) is 3.27. The third kappa shape index (κ3) is 3.51. The molecule has 0 atom stereocenters. The van der Waals surface area contributed by atoms with Gasteiger partial charge in [-0.15, -0.1) is 0 Å². The van der Waals surface area contributed by atoms with Crippen LogP contribution in [0.15, 0.2) is 42.5 Å². The molecule has 2 aromatic carbocycles. The van der Waals surface area contributed by atoms with Crippen molar-refractivity contribution in [1.82, 2.24) is 4.57 Å². The number of aromatic carboxylic acids is 1. The molecule has 0 spiro atoms. The Balaban J connectivity index is 1.98. The summed E-state index contributed by atoms with van der Waals surface area (Å²) in [6.07, 6.45) is 0. The van der Waals surface area contributed by atoms with Gasteiger partial charge in [0.1, 0.15) is 11.4 Å². The molecule has 0 unspecified atom stereocenters. The molecule has 2 N–H and O–H groups in total. The molecule has 0 aliphatic heterocycles. The zero-order chi connectivity index (χ0) is 19.6. The van der Waals surface area contributed by atoms with Gasteiger partial charge in [-0.25, -0.2) is 4.79 Å². The number of carbonyl (C=O) groups is 2. The van der Waals surface area contributed by atoms with E-state index in [0.29, 0.717) is 24.5 Å². The van der Waals surface area contributed by atoms with Gasteiger partial charge < -0.3 is 19.7 Å². The summed E-state index contributed by atoms with van der Waals surface area (Å²) in [6.45, 7) is 7.08. The smallest absolute Gasteiger partial charge is 0.335 e. The molecule has 140 valence electrons. The second kappa shape index (κ2) is 7.53. The first kappa shape index (κ1) is 18.5. The Morgan fingerprint density at radius 2 is 1.81 bits per heavy atom. The Kier molecular flexibility index (Phi) is 5.16. The molecule has 0 saturated heterocycles. The second-order valence-electron chi connectivity index (χ2n) is 6.17. The highest BCUT2D eigenvalue weighted by Gasteiger charge is 2.20. The van der Waals surface area contributed by atoms with Gasteiger partial charge in [-0.05, 0) is 68.8 Å². The van der Waals surface area contributed by atoms with Crippen LogP contribution in [0.2, 0.25) is 0 Å². The Labute approximate surface area is 157 Å². The fraction of sp³-hybridized carbons (Fsp3) is 0.238. The third-order valence-electron chi connectivity index (χ3n) is 4.52. The van der Waals surface area contributed by atoms with Gasteiger partial charge >= 0.3 is 5.97 Å². The molecular weight excluding hydrogens is 344 g/mol. The van der Waals surface area contributed by atoms with Crippen LogP contribution >= 0.6 is 0 Å². The van der Waals surface area contributed by atoms with E-state index in [1.807, 2.05) is 43.5 Å².